The van der Waals surface area contributed by atoms with Crippen molar-refractivity contribution < 1.29 is 23.8 Å². The molecule has 4 rings (SSSR count). The summed E-state index contributed by atoms with van der Waals surface area (Å²) in [5.74, 6) is 0.0941. The topological polar surface area (TPSA) is 91.7 Å². The van der Waals surface area contributed by atoms with Gasteiger partial charge < -0.3 is 19.5 Å². The lowest BCUT2D eigenvalue weighted by molar-refractivity contribution is -0.119. The fraction of sp³-hybridized carbons (Fsp3) is 0.115. The summed E-state index contributed by atoms with van der Waals surface area (Å²) in [6, 6.07) is 23.5. The summed E-state index contributed by atoms with van der Waals surface area (Å²) in [7, 11) is 3.11. The number of aromatic nitrogens is 2. The van der Waals surface area contributed by atoms with Crippen LogP contribution in [0.2, 0.25) is 0 Å². The monoisotopic (exact) mass is 457 g/mol. The van der Waals surface area contributed by atoms with Crippen LogP contribution in [-0.2, 0) is 9.53 Å². The van der Waals surface area contributed by atoms with Crippen molar-refractivity contribution in [2.75, 3.05) is 26.1 Å². The van der Waals surface area contributed by atoms with E-state index in [4.69, 9.17) is 14.2 Å². The minimum absolute atomic E-state index is 0.214. The molecule has 0 radical (unpaired) electrons. The second kappa shape index (κ2) is 10.4. The lowest BCUT2D eigenvalue weighted by Crippen LogP contribution is -2.21. The number of para-hydroxylation sites is 2. The number of amides is 1. The second-order valence-corrected chi connectivity index (χ2v) is 7.22. The normalized spacial score (nSPS) is 10.4. The molecule has 0 saturated heterocycles. The van der Waals surface area contributed by atoms with E-state index < -0.39 is 18.5 Å². The highest BCUT2D eigenvalue weighted by atomic mass is 16.5. The molecule has 0 aliphatic rings. The molecule has 1 aromatic heterocycles. The first-order valence-corrected chi connectivity index (χ1v) is 10.5. The molecular formula is C26H23N3O5. The highest BCUT2D eigenvalue weighted by Crippen LogP contribution is 2.32. The average molecular weight is 457 g/mol. The number of hydrogen-bond acceptors (Lipinski definition) is 6. The largest absolute Gasteiger partial charge is 0.497 e. The van der Waals surface area contributed by atoms with Crippen LogP contribution in [0.1, 0.15) is 10.4 Å². The molecule has 1 amide bonds. The van der Waals surface area contributed by atoms with Crippen LogP contribution in [0, 0.1) is 0 Å². The third-order valence-electron chi connectivity index (χ3n) is 5.03. The number of nitrogens with zero attached hydrogens (tertiary/aromatic N) is 2. The quantitative estimate of drug-likeness (QED) is 0.396. The molecule has 0 aliphatic carbocycles. The van der Waals surface area contributed by atoms with Crippen molar-refractivity contribution in [1.82, 2.24) is 9.78 Å². The maximum atomic E-state index is 13.0. The lowest BCUT2D eigenvalue weighted by Gasteiger charge is -2.09. The SMILES string of the molecule is COc1ccc(NC(=O)COC(=O)c2cn(-c3ccccc3)nc2-c2ccccc2OC)cc1. The minimum atomic E-state index is -0.673. The Morgan fingerprint density at radius 2 is 1.59 bits per heavy atom. The molecular weight excluding hydrogens is 434 g/mol. The van der Waals surface area contributed by atoms with Crippen molar-refractivity contribution in [3.8, 4) is 28.4 Å². The fourth-order valence-corrected chi connectivity index (χ4v) is 3.36. The third-order valence-corrected chi connectivity index (χ3v) is 5.03. The van der Waals surface area contributed by atoms with Crippen molar-refractivity contribution in [3.05, 3.63) is 90.6 Å². The Labute approximate surface area is 196 Å². The van der Waals surface area contributed by atoms with E-state index in [0.717, 1.165) is 5.69 Å². The Bertz CT molecular complexity index is 1280. The first-order chi connectivity index (χ1) is 16.6. The van der Waals surface area contributed by atoms with Gasteiger partial charge in [-0.1, -0.05) is 30.3 Å². The van der Waals surface area contributed by atoms with Crippen LogP contribution < -0.4 is 14.8 Å². The Morgan fingerprint density at radius 1 is 0.882 bits per heavy atom. The number of rotatable bonds is 8. The Morgan fingerprint density at radius 3 is 2.29 bits per heavy atom. The van der Waals surface area contributed by atoms with Crippen molar-refractivity contribution in [1.29, 1.82) is 0 Å². The smallest absolute Gasteiger partial charge is 0.342 e. The lowest BCUT2D eigenvalue weighted by atomic mass is 10.1. The number of methoxy groups -OCH3 is 2. The molecule has 0 aliphatic heterocycles. The Kier molecular flexibility index (Phi) is 6.88. The van der Waals surface area contributed by atoms with E-state index in [2.05, 4.69) is 10.4 Å². The van der Waals surface area contributed by atoms with Gasteiger partial charge in [-0.2, -0.15) is 5.10 Å². The van der Waals surface area contributed by atoms with Gasteiger partial charge in [0.2, 0.25) is 0 Å². The highest BCUT2D eigenvalue weighted by molar-refractivity contribution is 5.99. The molecule has 0 saturated carbocycles. The summed E-state index contributed by atoms with van der Waals surface area (Å²) in [5.41, 5.74) is 2.57. The highest BCUT2D eigenvalue weighted by Gasteiger charge is 2.23. The number of hydrogen-bond donors (Lipinski definition) is 1. The molecule has 34 heavy (non-hydrogen) atoms. The number of anilines is 1. The zero-order chi connectivity index (χ0) is 23.9. The summed E-state index contributed by atoms with van der Waals surface area (Å²) in [6.45, 7) is -0.452. The number of nitrogens with one attached hydrogen (secondary N) is 1. The standard InChI is InChI=1S/C26H23N3O5/c1-32-20-14-12-18(13-15-20)27-24(30)17-34-26(31)22-16-29(19-8-4-3-5-9-19)28-25(22)21-10-6-7-11-23(21)33-2/h3-16H,17H2,1-2H3,(H,27,30). The van der Waals surface area contributed by atoms with Crippen LogP contribution in [0.25, 0.3) is 16.9 Å². The van der Waals surface area contributed by atoms with Crippen molar-refractivity contribution in [2.45, 2.75) is 0 Å². The summed E-state index contributed by atoms with van der Waals surface area (Å²) >= 11 is 0. The fourth-order valence-electron chi connectivity index (χ4n) is 3.36. The van der Waals surface area contributed by atoms with Gasteiger partial charge >= 0.3 is 5.97 Å². The van der Waals surface area contributed by atoms with Gasteiger partial charge in [0.15, 0.2) is 6.61 Å². The number of esters is 1. The van der Waals surface area contributed by atoms with Crippen LogP contribution in [0.5, 0.6) is 11.5 Å². The van der Waals surface area contributed by atoms with Crippen molar-refractivity contribution in [3.63, 3.8) is 0 Å². The van der Waals surface area contributed by atoms with E-state index >= 15 is 0 Å². The predicted octanol–water partition coefficient (Wildman–Crippen LogP) is 4.35. The van der Waals surface area contributed by atoms with Gasteiger partial charge in [0.25, 0.3) is 5.91 Å². The zero-order valence-electron chi connectivity index (χ0n) is 18.7. The third kappa shape index (κ3) is 5.07. The summed E-state index contributed by atoms with van der Waals surface area (Å²) in [5, 5.41) is 7.30. The van der Waals surface area contributed by atoms with Crippen molar-refractivity contribution in [2.24, 2.45) is 0 Å². The summed E-state index contributed by atoms with van der Waals surface area (Å²) in [6.07, 6.45) is 1.58. The number of carbonyl (C=O) groups is 2. The van der Waals surface area contributed by atoms with E-state index in [0.29, 0.717) is 28.4 Å². The molecule has 0 unspecified atom stereocenters. The average Bonchev–Trinajstić information content (AvgIpc) is 3.34. The molecule has 8 heteroatoms. The first kappa shape index (κ1) is 22.6. The van der Waals surface area contributed by atoms with Crippen LogP contribution in [0.4, 0.5) is 5.69 Å². The Balaban J connectivity index is 1.56. The molecule has 4 aromatic rings. The molecule has 1 N–H and O–H groups in total. The van der Waals surface area contributed by atoms with Gasteiger partial charge in [0, 0.05) is 17.4 Å². The van der Waals surface area contributed by atoms with E-state index in [9.17, 15) is 9.59 Å². The summed E-state index contributed by atoms with van der Waals surface area (Å²) < 4.78 is 17.5. The maximum absolute atomic E-state index is 13.0. The van der Waals surface area contributed by atoms with Crippen LogP contribution >= 0.6 is 0 Å². The van der Waals surface area contributed by atoms with E-state index in [1.165, 1.54) is 0 Å². The molecule has 8 nitrogen and oxygen atoms in total. The van der Waals surface area contributed by atoms with Gasteiger partial charge in [-0.05, 0) is 48.5 Å². The zero-order valence-corrected chi connectivity index (χ0v) is 18.7. The minimum Gasteiger partial charge on any atom is -0.497 e. The number of ether oxygens (including phenoxy) is 3. The molecule has 172 valence electrons. The van der Waals surface area contributed by atoms with E-state index in [1.54, 1.807) is 55.4 Å². The van der Waals surface area contributed by atoms with Crippen molar-refractivity contribution >= 4 is 17.6 Å². The van der Waals surface area contributed by atoms with Gasteiger partial charge in [0.1, 0.15) is 22.8 Å². The number of carbonyl (C=O) groups excluding carboxylic acids is 2. The van der Waals surface area contributed by atoms with Gasteiger partial charge in [-0.25, -0.2) is 9.48 Å². The molecule has 0 fully saturated rings. The molecule has 0 atom stereocenters. The van der Waals surface area contributed by atoms with E-state index in [1.807, 2.05) is 48.5 Å². The van der Waals surface area contributed by atoms with Crippen LogP contribution in [-0.4, -0.2) is 42.5 Å². The van der Waals surface area contributed by atoms with Crippen LogP contribution in [0.15, 0.2) is 85.1 Å². The predicted molar refractivity (Wildman–Crippen MR) is 127 cm³/mol. The maximum Gasteiger partial charge on any atom is 0.342 e. The molecule has 0 spiro atoms. The van der Waals surface area contributed by atoms with Crippen LogP contribution in [0.3, 0.4) is 0 Å². The molecule has 3 aromatic carbocycles. The number of benzene rings is 3. The second-order valence-electron chi connectivity index (χ2n) is 7.22. The van der Waals surface area contributed by atoms with Gasteiger partial charge in [0.05, 0.1) is 19.9 Å². The first-order valence-electron chi connectivity index (χ1n) is 10.5. The molecule has 0 bridgehead atoms. The molecule has 1 heterocycles. The van der Waals surface area contributed by atoms with Gasteiger partial charge in [-0.15, -0.1) is 0 Å². The van der Waals surface area contributed by atoms with E-state index in [-0.39, 0.29) is 5.56 Å². The van der Waals surface area contributed by atoms with Gasteiger partial charge in [-0.3, -0.25) is 4.79 Å². The summed E-state index contributed by atoms with van der Waals surface area (Å²) in [4.78, 5) is 25.3. The Hall–Kier alpha value is -4.59.